The van der Waals surface area contributed by atoms with Gasteiger partial charge in [0.15, 0.2) is 8.32 Å². The molecule has 1 aromatic rings. The SMILES string of the molecule is C=C(B1O[C@H]2C[C@H]3C[C@H](C3(C)C)[C@@]2(C)O1)[C@H]([C@@H](C)O[Si](C)(C)C(C)(C)C)[Si](C)(C)c1ccccc1. The summed E-state index contributed by atoms with van der Waals surface area (Å²) in [6.45, 7) is 30.7. The maximum absolute atomic E-state index is 7.06. The molecular weight excluding hydrogens is 463 g/mol. The van der Waals surface area contributed by atoms with Crippen LogP contribution < -0.4 is 5.19 Å². The Morgan fingerprint density at radius 2 is 1.69 bits per heavy atom. The third-order valence-electron chi connectivity index (χ3n) is 10.7. The van der Waals surface area contributed by atoms with Gasteiger partial charge in [-0.1, -0.05) is 83.2 Å². The van der Waals surface area contributed by atoms with Gasteiger partial charge >= 0.3 is 7.12 Å². The molecule has 0 unspecified atom stereocenters. The van der Waals surface area contributed by atoms with Crippen LogP contribution in [0.1, 0.15) is 61.3 Å². The molecule has 1 aromatic carbocycles. The van der Waals surface area contributed by atoms with E-state index in [2.05, 4.69) is 105 Å². The van der Waals surface area contributed by atoms with Crippen LogP contribution in [0.25, 0.3) is 0 Å². The second-order valence-electron chi connectivity index (χ2n) is 14.5. The quantitative estimate of drug-likeness (QED) is 0.362. The van der Waals surface area contributed by atoms with E-state index < -0.39 is 16.4 Å². The van der Waals surface area contributed by atoms with Gasteiger partial charge in [0.1, 0.15) is 0 Å². The molecule has 1 heterocycles. The molecule has 2 bridgehead atoms. The van der Waals surface area contributed by atoms with E-state index in [1.54, 1.807) is 0 Å². The maximum Gasteiger partial charge on any atom is 0.489 e. The maximum atomic E-state index is 7.06. The Hall–Kier alpha value is -0.661. The van der Waals surface area contributed by atoms with Crippen molar-refractivity contribution in [1.82, 2.24) is 0 Å². The molecule has 1 aliphatic heterocycles. The van der Waals surface area contributed by atoms with E-state index in [1.165, 1.54) is 11.6 Å². The zero-order chi connectivity index (χ0) is 26.2. The predicted molar refractivity (Wildman–Crippen MR) is 154 cm³/mol. The van der Waals surface area contributed by atoms with Gasteiger partial charge in [-0.05, 0) is 67.5 Å². The second kappa shape index (κ2) is 8.69. The molecule has 35 heavy (non-hydrogen) atoms. The van der Waals surface area contributed by atoms with Crippen molar-refractivity contribution in [3.63, 3.8) is 0 Å². The molecular formula is C29H49BO3Si2. The average Bonchev–Trinajstić information content (AvgIpc) is 3.10. The monoisotopic (exact) mass is 512 g/mol. The van der Waals surface area contributed by atoms with Gasteiger partial charge in [0.2, 0.25) is 0 Å². The van der Waals surface area contributed by atoms with E-state index in [-0.39, 0.29) is 35.5 Å². The molecule has 1 saturated heterocycles. The molecule has 4 aliphatic rings. The Morgan fingerprint density at radius 1 is 1.09 bits per heavy atom. The summed E-state index contributed by atoms with van der Waals surface area (Å²) in [4.78, 5) is 0. The molecule has 0 aromatic heterocycles. The zero-order valence-corrected chi connectivity index (χ0v) is 26.2. The van der Waals surface area contributed by atoms with Crippen molar-refractivity contribution in [2.45, 2.75) is 116 Å². The number of benzene rings is 1. The lowest BCUT2D eigenvalue weighted by Gasteiger charge is -2.64. The minimum absolute atomic E-state index is 0.0537. The van der Waals surface area contributed by atoms with Crippen LogP contribution >= 0.6 is 0 Å². The van der Waals surface area contributed by atoms with Crippen molar-refractivity contribution < 1.29 is 13.7 Å². The van der Waals surface area contributed by atoms with Crippen LogP contribution in [0.5, 0.6) is 0 Å². The summed E-state index contributed by atoms with van der Waals surface area (Å²) in [7, 11) is -4.35. The van der Waals surface area contributed by atoms with Crippen LogP contribution in [0, 0.1) is 17.3 Å². The molecule has 6 heteroatoms. The lowest BCUT2D eigenvalue weighted by Crippen LogP contribution is -2.65. The van der Waals surface area contributed by atoms with E-state index in [0.717, 1.165) is 17.8 Å². The van der Waals surface area contributed by atoms with Crippen LogP contribution in [0.15, 0.2) is 42.4 Å². The van der Waals surface area contributed by atoms with Crippen molar-refractivity contribution in [2.75, 3.05) is 0 Å². The van der Waals surface area contributed by atoms with Gasteiger partial charge in [-0.3, -0.25) is 0 Å². The van der Waals surface area contributed by atoms with E-state index in [9.17, 15) is 0 Å². The first kappa shape index (κ1) is 27.4. The Labute approximate surface area is 217 Å². The molecule has 3 nitrogen and oxygen atoms in total. The van der Waals surface area contributed by atoms with Gasteiger partial charge in [0, 0.05) is 11.6 Å². The summed E-state index contributed by atoms with van der Waals surface area (Å²) in [5, 5.41) is 1.59. The first-order valence-corrected chi connectivity index (χ1v) is 19.7. The summed E-state index contributed by atoms with van der Waals surface area (Å²) in [5.41, 5.74) is 1.39. The van der Waals surface area contributed by atoms with E-state index in [4.69, 9.17) is 20.3 Å². The number of hydrogen-bond acceptors (Lipinski definition) is 3. The average molecular weight is 513 g/mol. The molecule has 3 aliphatic carbocycles. The summed E-state index contributed by atoms with van der Waals surface area (Å²) in [5.74, 6) is 1.29. The molecule has 3 saturated carbocycles. The summed E-state index contributed by atoms with van der Waals surface area (Å²) < 4.78 is 20.7. The first-order valence-electron chi connectivity index (χ1n) is 13.7. The summed E-state index contributed by atoms with van der Waals surface area (Å²) >= 11 is 0. The Bertz CT molecular complexity index is 954. The largest absolute Gasteiger partial charge is 0.489 e. The third-order valence-corrected chi connectivity index (χ3v) is 19.5. The van der Waals surface area contributed by atoms with Crippen molar-refractivity contribution in [3.8, 4) is 0 Å². The van der Waals surface area contributed by atoms with Crippen molar-refractivity contribution >= 4 is 28.7 Å². The van der Waals surface area contributed by atoms with Crippen molar-refractivity contribution in [1.29, 1.82) is 0 Å². The molecule has 6 atom stereocenters. The highest BCUT2D eigenvalue weighted by Gasteiger charge is 2.68. The predicted octanol–water partition coefficient (Wildman–Crippen LogP) is 7.21. The first-order chi connectivity index (χ1) is 15.9. The Morgan fingerprint density at radius 3 is 2.23 bits per heavy atom. The normalized spacial score (nSPS) is 32.0. The van der Waals surface area contributed by atoms with Crippen LogP contribution in [-0.4, -0.2) is 41.3 Å². The molecule has 4 fully saturated rings. The van der Waals surface area contributed by atoms with E-state index >= 15 is 0 Å². The fourth-order valence-electron chi connectivity index (χ4n) is 7.28. The highest BCUT2D eigenvalue weighted by Crippen LogP contribution is 2.66. The Balaban J connectivity index is 1.66. The van der Waals surface area contributed by atoms with Crippen LogP contribution in [0.2, 0.25) is 36.8 Å². The van der Waals surface area contributed by atoms with Gasteiger partial charge in [0.05, 0.1) is 19.8 Å². The Kier molecular flexibility index (Phi) is 6.80. The highest BCUT2D eigenvalue weighted by molar-refractivity contribution is 6.92. The minimum Gasteiger partial charge on any atom is -0.414 e. The fourth-order valence-corrected chi connectivity index (χ4v) is 12.6. The summed E-state index contributed by atoms with van der Waals surface area (Å²) in [6.07, 6.45) is 2.59. The lowest BCUT2D eigenvalue weighted by atomic mass is 9.43. The number of rotatable bonds is 7. The van der Waals surface area contributed by atoms with Gasteiger partial charge in [-0.25, -0.2) is 0 Å². The highest BCUT2D eigenvalue weighted by atomic mass is 28.4. The number of hydrogen-bond donors (Lipinski definition) is 0. The standard InChI is InChI=1S/C29H49BO3Si2/c1-20(30-31-25-19-22-18-24(28(22,6)7)29(25,8)33-30)26(21(2)32-35(11,12)27(3,4)5)34(9,10)23-16-14-13-15-17-23/h13-17,21-22,24-26H,1,18-19H2,2-12H3/t21-,22-,24-,25+,26-,29-/m1/s1. The molecule has 0 N–H and O–H groups in total. The summed E-state index contributed by atoms with van der Waals surface area (Å²) in [6, 6.07) is 11.0. The van der Waals surface area contributed by atoms with E-state index in [0.29, 0.717) is 11.3 Å². The fraction of sp³-hybridized carbons (Fsp3) is 0.724. The molecule has 0 spiro atoms. The second-order valence-corrected chi connectivity index (χ2v) is 23.9. The lowest BCUT2D eigenvalue weighted by molar-refractivity contribution is -0.199. The van der Waals surface area contributed by atoms with Gasteiger partial charge < -0.3 is 13.7 Å². The van der Waals surface area contributed by atoms with Gasteiger partial charge in [-0.15, -0.1) is 6.58 Å². The van der Waals surface area contributed by atoms with Crippen molar-refractivity contribution in [3.05, 3.63) is 42.4 Å². The molecule has 194 valence electrons. The van der Waals surface area contributed by atoms with Crippen LogP contribution in [-0.2, 0) is 13.7 Å². The molecule has 0 radical (unpaired) electrons. The smallest absolute Gasteiger partial charge is 0.414 e. The van der Waals surface area contributed by atoms with E-state index in [1.807, 2.05) is 0 Å². The van der Waals surface area contributed by atoms with Crippen LogP contribution in [0.4, 0.5) is 0 Å². The third kappa shape index (κ3) is 4.39. The minimum atomic E-state index is -2.03. The van der Waals surface area contributed by atoms with Crippen molar-refractivity contribution in [2.24, 2.45) is 17.3 Å². The zero-order valence-electron chi connectivity index (χ0n) is 24.2. The molecule has 0 amide bonds. The van der Waals surface area contributed by atoms with Gasteiger partial charge in [0.25, 0.3) is 0 Å². The van der Waals surface area contributed by atoms with Gasteiger partial charge in [-0.2, -0.15) is 0 Å². The molecule has 5 rings (SSSR count). The van der Waals surface area contributed by atoms with Crippen LogP contribution in [0.3, 0.4) is 0 Å². The topological polar surface area (TPSA) is 27.7 Å².